The number of rotatable bonds is 4. The molecule has 0 saturated carbocycles. The highest BCUT2D eigenvalue weighted by atomic mass is 35.5. The van der Waals surface area contributed by atoms with Crippen molar-refractivity contribution in [3.8, 4) is 0 Å². The van der Waals surface area contributed by atoms with Crippen molar-refractivity contribution in [2.45, 2.75) is 13.5 Å². The average molecular weight is 353 g/mol. The maximum atomic E-state index is 12.6. The van der Waals surface area contributed by atoms with Crippen LogP contribution in [0.1, 0.15) is 21.5 Å². The van der Waals surface area contributed by atoms with Gasteiger partial charge in [-0.05, 0) is 48.4 Å². The standard InChI is InChI=1S/C20H17ClN2O2/c1-14-6-2-3-10-18(14)22-19(24)17-9-5-11-23(20(17)25)13-15-7-4-8-16(21)12-15/h2-12H,13H2,1H3,(H,22,24). The number of para-hydroxylation sites is 1. The predicted molar refractivity (Wildman–Crippen MR) is 100 cm³/mol. The number of aryl methyl sites for hydroxylation is 1. The Morgan fingerprint density at radius 3 is 2.64 bits per heavy atom. The molecule has 126 valence electrons. The number of carbonyl (C=O) groups is 1. The summed E-state index contributed by atoms with van der Waals surface area (Å²) >= 11 is 5.99. The van der Waals surface area contributed by atoms with E-state index in [0.717, 1.165) is 11.1 Å². The van der Waals surface area contributed by atoms with Gasteiger partial charge in [-0.15, -0.1) is 0 Å². The molecule has 0 fully saturated rings. The van der Waals surface area contributed by atoms with E-state index in [1.54, 1.807) is 30.5 Å². The molecule has 0 aliphatic heterocycles. The van der Waals surface area contributed by atoms with Gasteiger partial charge >= 0.3 is 0 Å². The van der Waals surface area contributed by atoms with E-state index in [0.29, 0.717) is 17.3 Å². The van der Waals surface area contributed by atoms with E-state index in [2.05, 4.69) is 5.32 Å². The van der Waals surface area contributed by atoms with Gasteiger partial charge in [0.25, 0.3) is 11.5 Å². The monoisotopic (exact) mass is 352 g/mol. The lowest BCUT2D eigenvalue weighted by Gasteiger charge is -2.10. The van der Waals surface area contributed by atoms with E-state index in [1.807, 2.05) is 37.3 Å². The Hall–Kier alpha value is -2.85. The highest BCUT2D eigenvalue weighted by Gasteiger charge is 2.13. The fourth-order valence-electron chi connectivity index (χ4n) is 2.57. The molecule has 0 aliphatic rings. The van der Waals surface area contributed by atoms with Crippen LogP contribution in [0.25, 0.3) is 0 Å². The summed E-state index contributed by atoms with van der Waals surface area (Å²) in [6.07, 6.45) is 1.66. The molecule has 0 spiro atoms. The Morgan fingerprint density at radius 2 is 1.88 bits per heavy atom. The normalized spacial score (nSPS) is 10.5. The fraction of sp³-hybridized carbons (Fsp3) is 0.100. The van der Waals surface area contributed by atoms with Crippen molar-refractivity contribution < 1.29 is 4.79 Å². The molecular formula is C20H17ClN2O2. The van der Waals surface area contributed by atoms with Crippen molar-refractivity contribution in [1.82, 2.24) is 4.57 Å². The molecule has 2 aromatic carbocycles. The molecule has 1 amide bonds. The van der Waals surface area contributed by atoms with Gasteiger partial charge in [0.05, 0.1) is 6.54 Å². The number of anilines is 1. The number of carbonyl (C=O) groups excluding carboxylic acids is 1. The molecule has 4 nitrogen and oxygen atoms in total. The van der Waals surface area contributed by atoms with E-state index < -0.39 is 5.91 Å². The lowest BCUT2D eigenvalue weighted by Crippen LogP contribution is -2.29. The van der Waals surface area contributed by atoms with E-state index in [1.165, 1.54) is 10.6 Å². The zero-order valence-corrected chi connectivity index (χ0v) is 14.5. The molecule has 3 aromatic rings. The van der Waals surface area contributed by atoms with Crippen molar-refractivity contribution >= 4 is 23.2 Å². The van der Waals surface area contributed by atoms with Crippen molar-refractivity contribution in [3.63, 3.8) is 0 Å². The zero-order valence-electron chi connectivity index (χ0n) is 13.7. The summed E-state index contributed by atoms with van der Waals surface area (Å²) in [5.41, 5.74) is 2.29. The molecule has 0 saturated heterocycles. The summed E-state index contributed by atoms with van der Waals surface area (Å²) in [5, 5.41) is 3.40. The van der Waals surface area contributed by atoms with Crippen LogP contribution in [0.15, 0.2) is 71.7 Å². The maximum absolute atomic E-state index is 12.6. The summed E-state index contributed by atoms with van der Waals surface area (Å²) in [4.78, 5) is 25.1. The number of aromatic nitrogens is 1. The predicted octanol–water partition coefficient (Wildman–Crippen LogP) is 4.11. The summed E-state index contributed by atoms with van der Waals surface area (Å²) in [6, 6.07) is 18.0. The molecule has 1 aromatic heterocycles. The van der Waals surface area contributed by atoms with Crippen LogP contribution in [0, 0.1) is 6.92 Å². The Balaban J connectivity index is 1.87. The minimum atomic E-state index is -0.417. The minimum absolute atomic E-state index is 0.104. The highest BCUT2D eigenvalue weighted by molar-refractivity contribution is 6.30. The molecule has 0 radical (unpaired) electrons. The molecular weight excluding hydrogens is 336 g/mol. The van der Waals surface area contributed by atoms with Crippen LogP contribution in [-0.2, 0) is 6.54 Å². The number of amides is 1. The van der Waals surface area contributed by atoms with Crippen molar-refractivity contribution in [3.05, 3.63) is 98.9 Å². The number of benzene rings is 2. The van der Waals surface area contributed by atoms with Crippen LogP contribution in [0.2, 0.25) is 5.02 Å². The van der Waals surface area contributed by atoms with Crippen LogP contribution < -0.4 is 10.9 Å². The number of nitrogens with one attached hydrogen (secondary N) is 1. The number of pyridine rings is 1. The number of halogens is 1. The Morgan fingerprint density at radius 1 is 1.08 bits per heavy atom. The summed E-state index contributed by atoms with van der Waals surface area (Å²) in [6.45, 7) is 2.25. The van der Waals surface area contributed by atoms with Gasteiger partial charge in [0.1, 0.15) is 5.56 Å². The van der Waals surface area contributed by atoms with Gasteiger partial charge in [0.2, 0.25) is 0 Å². The Bertz CT molecular complexity index is 979. The largest absolute Gasteiger partial charge is 0.322 e. The maximum Gasteiger partial charge on any atom is 0.263 e. The first-order valence-corrected chi connectivity index (χ1v) is 8.23. The highest BCUT2D eigenvalue weighted by Crippen LogP contribution is 2.14. The van der Waals surface area contributed by atoms with Crippen molar-refractivity contribution in [2.24, 2.45) is 0 Å². The van der Waals surface area contributed by atoms with Gasteiger partial charge in [-0.3, -0.25) is 9.59 Å². The quantitative estimate of drug-likeness (QED) is 0.768. The summed E-state index contributed by atoms with van der Waals surface area (Å²) in [5.74, 6) is -0.417. The molecule has 0 atom stereocenters. The number of hydrogen-bond donors (Lipinski definition) is 1. The van der Waals surface area contributed by atoms with Gasteiger partial charge < -0.3 is 9.88 Å². The van der Waals surface area contributed by atoms with Crippen molar-refractivity contribution in [1.29, 1.82) is 0 Å². The van der Waals surface area contributed by atoms with Crippen LogP contribution in [0.5, 0.6) is 0 Å². The van der Waals surface area contributed by atoms with Gasteiger partial charge in [0, 0.05) is 16.9 Å². The number of nitrogens with zero attached hydrogens (tertiary/aromatic N) is 1. The van der Waals surface area contributed by atoms with Gasteiger partial charge in [0.15, 0.2) is 0 Å². The first-order valence-electron chi connectivity index (χ1n) is 7.85. The van der Waals surface area contributed by atoms with E-state index >= 15 is 0 Å². The second kappa shape index (κ2) is 7.36. The van der Waals surface area contributed by atoms with Crippen LogP contribution in [0.4, 0.5) is 5.69 Å². The molecule has 3 rings (SSSR count). The molecule has 25 heavy (non-hydrogen) atoms. The first kappa shape index (κ1) is 17.0. The Labute approximate surface area is 150 Å². The number of hydrogen-bond acceptors (Lipinski definition) is 2. The molecule has 0 bridgehead atoms. The first-order chi connectivity index (χ1) is 12.0. The third-order valence-electron chi connectivity index (χ3n) is 3.90. The fourth-order valence-corrected chi connectivity index (χ4v) is 2.78. The molecule has 1 heterocycles. The van der Waals surface area contributed by atoms with Crippen molar-refractivity contribution in [2.75, 3.05) is 5.32 Å². The second-order valence-electron chi connectivity index (χ2n) is 5.75. The molecule has 0 unspecified atom stereocenters. The summed E-state index contributed by atoms with van der Waals surface area (Å²) in [7, 11) is 0. The van der Waals surface area contributed by atoms with E-state index in [9.17, 15) is 9.59 Å². The topological polar surface area (TPSA) is 51.1 Å². The smallest absolute Gasteiger partial charge is 0.263 e. The van der Waals surface area contributed by atoms with Crippen LogP contribution in [0.3, 0.4) is 0 Å². The van der Waals surface area contributed by atoms with Crippen LogP contribution in [-0.4, -0.2) is 10.5 Å². The minimum Gasteiger partial charge on any atom is -0.322 e. The third-order valence-corrected chi connectivity index (χ3v) is 4.14. The Kier molecular flexibility index (Phi) is 5.00. The average Bonchev–Trinajstić information content (AvgIpc) is 2.59. The van der Waals surface area contributed by atoms with Crippen LogP contribution >= 0.6 is 11.6 Å². The lowest BCUT2D eigenvalue weighted by atomic mass is 10.2. The van der Waals surface area contributed by atoms with Gasteiger partial charge in [-0.25, -0.2) is 0 Å². The second-order valence-corrected chi connectivity index (χ2v) is 6.19. The molecule has 5 heteroatoms. The summed E-state index contributed by atoms with van der Waals surface area (Å²) < 4.78 is 1.50. The van der Waals surface area contributed by atoms with Gasteiger partial charge in [-0.2, -0.15) is 0 Å². The molecule has 0 aliphatic carbocycles. The SMILES string of the molecule is Cc1ccccc1NC(=O)c1cccn(Cc2cccc(Cl)c2)c1=O. The van der Waals surface area contributed by atoms with Gasteiger partial charge in [-0.1, -0.05) is 41.9 Å². The lowest BCUT2D eigenvalue weighted by molar-refractivity contribution is 0.102. The molecule has 1 N–H and O–H groups in total. The zero-order chi connectivity index (χ0) is 17.8. The third kappa shape index (κ3) is 3.98. The van der Waals surface area contributed by atoms with E-state index in [4.69, 9.17) is 11.6 Å². The van der Waals surface area contributed by atoms with E-state index in [-0.39, 0.29) is 11.1 Å².